The third-order valence-electron chi connectivity index (χ3n) is 3.72. The van der Waals surface area contributed by atoms with Gasteiger partial charge in [0.15, 0.2) is 11.6 Å². The molecule has 2 unspecified atom stereocenters. The fourth-order valence-electron chi connectivity index (χ4n) is 2.83. The maximum atomic E-state index is 13.7. The average Bonchev–Trinajstić information content (AvgIpc) is 2.80. The Bertz CT molecular complexity index is 599. The topological polar surface area (TPSA) is 21.3 Å². The molecular weight excluding hydrogens is 253 g/mol. The molecule has 0 amide bonds. The van der Waals surface area contributed by atoms with E-state index in [1.54, 1.807) is 18.2 Å². The van der Waals surface area contributed by atoms with Crippen molar-refractivity contribution in [2.24, 2.45) is 0 Å². The Labute approximate surface area is 118 Å². The zero-order chi connectivity index (χ0) is 13.9. The van der Waals surface area contributed by atoms with E-state index in [1.807, 2.05) is 12.1 Å². The van der Waals surface area contributed by atoms with Crippen LogP contribution in [0, 0.1) is 5.82 Å². The summed E-state index contributed by atoms with van der Waals surface area (Å²) in [6.07, 6.45) is 0.742. The molecule has 3 heteroatoms. The molecule has 1 aliphatic rings. The number of rotatable bonds is 4. The third kappa shape index (κ3) is 2.41. The van der Waals surface area contributed by atoms with Crippen molar-refractivity contribution >= 4 is 0 Å². The number of benzene rings is 2. The quantitative estimate of drug-likeness (QED) is 0.919. The standard InChI is InChI=1S/C17H18FNO/c1-2-19-17-13-8-4-3-7-12(13)11-16(17)20-15-10-6-5-9-14(15)18/h3-10,16-17,19H,2,11H2,1H3. The molecule has 0 heterocycles. The molecule has 0 aromatic heterocycles. The van der Waals surface area contributed by atoms with Gasteiger partial charge in [-0.15, -0.1) is 0 Å². The van der Waals surface area contributed by atoms with Crippen molar-refractivity contribution in [1.29, 1.82) is 0 Å². The van der Waals surface area contributed by atoms with Gasteiger partial charge in [0.2, 0.25) is 0 Å². The zero-order valence-electron chi connectivity index (χ0n) is 11.5. The number of likely N-dealkylation sites (N-methyl/N-ethyl adjacent to an activating group) is 1. The molecule has 1 aliphatic carbocycles. The van der Waals surface area contributed by atoms with Crippen LogP contribution in [0.2, 0.25) is 0 Å². The molecule has 0 aliphatic heterocycles. The zero-order valence-corrected chi connectivity index (χ0v) is 11.5. The number of ether oxygens (including phenoxy) is 1. The van der Waals surface area contributed by atoms with Gasteiger partial charge in [-0.3, -0.25) is 0 Å². The molecule has 2 aromatic carbocycles. The molecule has 0 fully saturated rings. The van der Waals surface area contributed by atoms with Crippen molar-refractivity contribution in [3.05, 3.63) is 65.5 Å². The molecule has 2 atom stereocenters. The summed E-state index contributed by atoms with van der Waals surface area (Å²) in [5.74, 6) is 0.0203. The SMILES string of the molecule is CCNC1c2ccccc2CC1Oc1ccccc1F. The predicted octanol–water partition coefficient (Wildman–Crippen LogP) is 3.48. The number of fused-ring (bicyclic) bond motifs is 1. The Balaban J connectivity index is 1.85. The van der Waals surface area contributed by atoms with E-state index in [4.69, 9.17) is 4.74 Å². The summed E-state index contributed by atoms with van der Waals surface area (Å²) in [5.41, 5.74) is 2.54. The van der Waals surface area contributed by atoms with Crippen LogP contribution in [-0.4, -0.2) is 12.6 Å². The van der Waals surface area contributed by atoms with Crippen molar-refractivity contribution in [2.45, 2.75) is 25.5 Å². The maximum absolute atomic E-state index is 13.7. The second kappa shape index (κ2) is 5.63. The van der Waals surface area contributed by atoms with Crippen LogP contribution in [0.25, 0.3) is 0 Å². The van der Waals surface area contributed by atoms with E-state index >= 15 is 0 Å². The van der Waals surface area contributed by atoms with E-state index in [-0.39, 0.29) is 18.0 Å². The highest BCUT2D eigenvalue weighted by molar-refractivity contribution is 5.37. The average molecular weight is 271 g/mol. The molecular formula is C17H18FNO. The van der Waals surface area contributed by atoms with Crippen LogP contribution in [0.4, 0.5) is 4.39 Å². The summed E-state index contributed by atoms with van der Waals surface area (Å²) in [7, 11) is 0. The van der Waals surface area contributed by atoms with Crippen molar-refractivity contribution in [3.8, 4) is 5.75 Å². The Hall–Kier alpha value is -1.87. The van der Waals surface area contributed by atoms with Gasteiger partial charge in [-0.2, -0.15) is 0 Å². The van der Waals surface area contributed by atoms with Crippen molar-refractivity contribution in [1.82, 2.24) is 5.32 Å². The Morgan fingerprint density at radius 1 is 1.15 bits per heavy atom. The van der Waals surface area contributed by atoms with Crippen LogP contribution in [-0.2, 0) is 6.42 Å². The molecule has 1 N–H and O–H groups in total. The minimum atomic E-state index is -0.307. The molecule has 2 nitrogen and oxygen atoms in total. The van der Waals surface area contributed by atoms with Crippen LogP contribution in [0.15, 0.2) is 48.5 Å². The lowest BCUT2D eigenvalue weighted by Crippen LogP contribution is -2.33. The van der Waals surface area contributed by atoms with Gasteiger partial charge in [0.1, 0.15) is 6.10 Å². The first-order valence-electron chi connectivity index (χ1n) is 7.02. The molecule has 0 spiro atoms. The summed E-state index contributed by atoms with van der Waals surface area (Å²) in [6.45, 7) is 2.93. The monoisotopic (exact) mass is 271 g/mol. The predicted molar refractivity (Wildman–Crippen MR) is 77.4 cm³/mol. The summed E-state index contributed by atoms with van der Waals surface area (Å²) >= 11 is 0. The number of hydrogen-bond acceptors (Lipinski definition) is 2. The summed E-state index contributed by atoms with van der Waals surface area (Å²) in [4.78, 5) is 0. The van der Waals surface area contributed by atoms with Gasteiger partial charge in [0.25, 0.3) is 0 Å². The smallest absolute Gasteiger partial charge is 0.165 e. The number of para-hydroxylation sites is 1. The maximum Gasteiger partial charge on any atom is 0.165 e. The third-order valence-corrected chi connectivity index (χ3v) is 3.72. The molecule has 0 bridgehead atoms. The lowest BCUT2D eigenvalue weighted by Gasteiger charge is -2.22. The lowest BCUT2D eigenvalue weighted by molar-refractivity contribution is 0.161. The minimum absolute atomic E-state index is 0.0655. The highest BCUT2D eigenvalue weighted by atomic mass is 19.1. The second-order valence-electron chi connectivity index (χ2n) is 5.03. The summed E-state index contributed by atoms with van der Waals surface area (Å²) in [6, 6.07) is 15.0. The normalized spacial score (nSPS) is 20.7. The van der Waals surface area contributed by atoms with E-state index in [2.05, 4.69) is 24.4 Å². The van der Waals surface area contributed by atoms with Crippen LogP contribution >= 0.6 is 0 Å². The molecule has 20 heavy (non-hydrogen) atoms. The van der Waals surface area contributed by atoms with E-state index < -0.39 is 0 Å². The second-order valence-corrected chi connectivity index (χ2v) is 5.03. The van der Waals surface area contributed by atoms with E-state index in [0.717, 1.165) is 13.0 Å². The molecule has 104 valence electrons. The van der Waals surface area contributed by atoms with Gasteiger partial charge in [-0.25, -0.2) is 4.39 Å². The van der Waals surface area contributed by atoms with Gasteiger partial charge in [0.05, 0.1) is 6.04 Å². The molecule has 0 saturated heterocycles. The van der Waals surface area contributed by atoms with Gasteiger partial charge < -0.3 is 10.1 Å². The minimum Gasteiger partial charge on any atom is -0.485 e. The number of halogens is 1. The number of nitrogens with one attached hydrogen (secondary N) is 1. The van der Waals surface area contributed by atoms with Crippen molar-refractivity contribution < 1.29 is 9.13 Å². The first kappa shape index (κ1) is 13.1. The largest absolute Gasteiger partial charge is 0.485 e. The molecule has 2 aromatic rings. The first-order chi connectivity index (χ1) is 9.79. The van der Waals surface area contributed by atoms with Crippen molar-refractivity contribution in [2.75, 3.05) is 6.54 Å². The van der Waals surface area contributed by atoms with Gasteiger partial charge in [-0.05, 0) is 29.8 Å². The van der Waals surface area contributed by atoms with E-state index in [1.165, 1.54) is 17.2 Å². The summed E-state index contributed by atoms with van der Waals surface area (Å²) in [5, 5.41) is 3.44. The molecule has 3 rings (SSSR count). The van der Waals surface area contributed by atoms with E-state index in [0.29, 0.717) is 5.75 Å². The van der Waals surface area contributed by atoms with Gasteiger partial charge in [-0.1, -0.05) is 43.3 Å². The van der Waals surface area contributed by atoms with Crippen molar-refractivity contribution in [3.63, 3.8) is 0 Å². The summed E-state index contributed by atoms with van der Waals surface area (Å²) < 4.78 is 19.7. The fraction of sp³-hybridized carbons (Fsp3) is 0.294. The van der Waals surface area contributed by atoms with E-state index in [9.17, 15) is 4.39 Å². The fourth-order valence-corrected chi connectivity index (χ4v) is 2.83. The van der Waals surface area contributed by atoms with Crippen LogP contribution in [0.3, 0.4) is 0 Å². The highest BCUT2D eigenvalue weighted by Gasteiger charge is 2.33. The Morgan fingerprint density at radius 3 is 2.70 bits per heavy atom. The van der Waals surface area contributed by atoms with Gasteiger partial charge in [0, 0.05) is 6.42 Å². The molecule has 0 radical (unpaired) electrons. The van der Waals surface area contributed by atoms with Crippen LogP contribution in [0.1, 0.15) is 24.1 Å². The van der Waals surface area contributed by atoms with Crippen LogP contribution < -0.4 is 10.1 Å². The number of hydrogen-bond donors (Lipinski definition) is 1. The first-order valence-corrected chi connectivity index (χ1v) is 7.02. The molecule has 0 saturated carbocycles. The van der Waals surface area contributed by atoms with Gasteiger partial charge >= 0.3 is 0 Å². The highest BCUT2D eigenvalue weighted by Crippen LogP contribution is 2.34. The Morgan fingerprint density at radius 2 is 1.90 bits per heavy atom. The lowest BCUT2D eigenvalue weighted by atomic mass is 10.1. The van der Waals surface area contributed by atoms with Crippen LogP contribution in [0.5, 0.6) is 5.75 Å². The Kier molecular flexibility index (Phi) is 3.70.